The van der Waals surface area contributed by atoms with Gasteiger partial charge in [0.2, 0.25) is 0 Å². The first-order valence-electron chi connectivity index (χ1n) is 6.59. The van der Waals surface area contributed by atoms with E-state index in [1.54, 1.807) is 12.1 Å². The predicted octanol–water partition coefficient (Wildman–Crippen LogP) is 2.87. The van der Waals surface area contributed by atoms with E-state index in [0.717, 1.165) is 29.4 Å². The molecule has 1 aliphatic rings. The van der Waals surface area contributed by atoms with Gasteiger partial charge in [0, 0.05) is 16.9 Å². The number of halogens is 2. The molecule has 1 heterocycles. The average molecular weight is 332 g/mol. The maximum Gasteiger partial charge on any atom is 0.159 e. The summed E-state index contributed by atoms with van der Waals surface area (Å²) in [7, 11) is 0. The van der Waals surface area contributed by atoms with Crippen molar-refractivity contribution in [2.75, 3.05) is 19.8 Å². The first-order chi connectivity index (χ1) is 9.19. The fourth-order valence-electron chi connectivity index (χ4n) is 2.27. The topological polar surface area (TPSA) is 30.5 Å². The van der Waals surface area contributed by atoms with E-state index < -0.39 is 0 Å². The lowest BCUT2D eigenvalue weighted by molar-refractivity contribution is -0.0525. The van der Waals surface area contributed by atoms with E-state index in [1.807, 2.05) is 0 Å². The molecule has 5 heteroatoms. The van der Waals surface area contributed by atoms with Gasteiger partial charge in [-0.3, -0.25) is 0 Å². The van der Waals surface area contributed by atoms with Crippen LogP contribution < -0.4 is 5.32 Å². The van der Waals surface area contributed by atoms with Gasteiger partial charge in [0.25, 0.3) is 0 Å². The van der Waals surface area contributed by atoms with Crippen LogP contribution in [0.4, 0.5) is 4.39 Å². The van der Waals surface area contributed by atoms with Crippen LogP contribution in [0.3, 0.4) is 0 Å². The Morgan fingerprint density at radius 3 is 2.84 bits per heavy atom. The van der Waals surface area contributed by atoms with E-state index in [1.165, 1.54) is 6.07 Å². The quantitative estimate of drug-likeness (QED) is 0.869. The van der Waals surface area contributed by atoms with Crippen LogP contribution in [0.1, 0.15) is 18.9 Å². The van der Waals surface area contributed by atoms with E-state index in [4.69, 9.17) is 9.47 Å². The third-order valence-electron chi connectivity index (χ3n) is 3.13. The van der Waals surface area contributed by atoms with E-state index >= 15 is 0 Å². The maximum atomic E-state index is 13.3. The van der Waals surface area contributed by atoms with Crippen LogP contribution in [0.2, 0.25) is 0 Å². The third kappa shape index (κ3) is 4.53. The molecule has 0 saturated carbocycles. The maximum absolute atomic E-state index is 13.3. The van der Waals surface area contributed by atoms with Crippen molar-refractivity contribution in [3.05, 3.63) is 34.1 Å². The minimum absolute atomic E-state index is 0.142. The summed E-state index contributed by atoms with van der Waals surface area (Å²) < 4.78 is 25.2. The Labute approximate surface area is 121 Å². The van der Waals surface area contributed by atoms with Gasteiger partial charge in [-0.25, -0.2) is 4.39 Å². The Morgan fingerprint density at radius 1 is 1.42 bits per heavy atom. The van der Waals surface area contributed by atoms with E-state index in [9.17, 15) is 4.39 Å². The Balaban J connectivity index is 2.00. The molecule has 0 aromatic heterocycles. The van der Waals surface area contributed by atoms with Crippen LogP contribution in [-0.2, 0) is 15.9 Å². The molecular formula is C14H19BrFNO2. The summed E-state index contributed by atoms with van der Waals surface area (Å²) in [5.41, 5.74) is 0.962. The molecule has 1 unspecified atom stereocenters. The summed E-state index contributed by atoms with van der Waals surface area (Å²) in [6, 6.07) is 4.99. The molecule has 1 fully saturated rings. The molecule has 0 spiro atoms. The van der Waals surface area contributed by atoms with Gasteiger partial charge in [-0.1, -0.05) is 22.9 Å². The number of benzene rings is 1. The first-order valence-corrected chi connectivity index (χ1v) is 7.39. The van der Waals surface area contributed by atoms with Crippen LogP contribution in [0.5, 0.6) is 0 Å². The molecule has 1 aromatic rings. The standard InChI is InChI=1S/C14H19BrFNO2/c1-2-17-12(9-14-18-5-6-19-14)8-10-7-11(16)3-4-13(10)15/h3-4,7,12,14,17H,2,5-6,8-9H2,1H3. The molecule has 0 radical (unpaired) electrons. The average Bonchev–Trinajstić information content (AvgIpc) is 2.87. The highest BCUT2D eigenvalue weighted by atomic mass is 79.9. The van der Waals surface area contributed by atoms with Crippen LogP contribution in [0.25, 0.3) is 0 Å². The van der Waals surface area contributed by atoms with Gasteiger partial charge in [0.05, 0.1) is 13.2 Å². The summed E-state index contributed by atoms with van der Waals surface area (Å²) in [6.07, 6.45) is 1.38. The van der Waals surface area contributed by atoms with Gasteiger partial charge in [0.1, 0.15) is 5.82 Å². The summed E-state index contributed by atoms with van der Waals surface area (Å²) in [4.78, 5) is 0. The van der Waals surface area contributed by atoms with Crippen molar-refractivity contribution in [2.45, 2.75) is 32.1 Å². The van der Waals surface area contributed by atoms with E-state index in [-0.39, 0.29) is 18.1 Å². The van der Waals surface area contributed by atoms with Gasteiger partial charge in [-0.2, -0.15) is 0 Å². The number of ether oxygens (including phenoxy) is 2. The first kappa shape index (κ1) is 14.9. The molecule has 0 bridgehead atoms. The molecule has 1 atom stereocenters. The lowest BCUT2D eigenvalue weighted by Crippen LogP contribution is -2.35. The monoisotopic (exact) mass is 331 g/mol. The Bertz CT molecular complexity index is 410. The Hall–Kier alpha value is -0.490. The molecule has 0 aliphatic carbocycles. The fraction of sp³-hybridized carbons (Fsp3) is 0.571. The van der Waals surface area contributed by atoms with Crippen molar-refractivity contribution in [1.29, 1.82) is 0 Å². The normalized spacial score (nSPS) is 17.8. The van der Waals surface area contributed by atoms with E-state index in [2.05, 4.69) is 28.2 Å². The van der Waals surface area contributed by atoms with Crippen LogP contribution in [0.15, 0.2) is 22.7 Å². The van der Waals surface area contributed by atoms with Crippen molar-refractivity contribution in [3.8, 4) is 0 Å². The van der Waals surface area contributed by atoms with Gasteiger partial charge in [-0.15, -0.1) is 0 Å². The minimum atomic E-state index is -0.207. The van der Waals surface area contributed by atoms with Crippen molar-refractivity contribution < 1.29 is 13.9 Å². The van der Waals surface area contributed by atoms with Gasteiger partial charge in [0.15, 0.2) is 6.29 Å². The molecule has 106 valence electrons. The zero-order valence-electron chi connectivity index (χ0n) is 11.0. The largest absolute Gasteiger partial charge is 0.350 e. The van der Waals surface area contributed by atoms with Crippen molar-refractivity contribution >= 4 is 15.9 Å². The van der Waals surface area contributed by atoms with Crippen LogP contribution in [0, 0.1) is 5.82 Å². The van der Waals surface area contributed by atoms with Crippen molar-refractivity contribution in [2.24, 2.45) is 0 Å². The van der Waals surface area contributed by atoms with E-state index in [0.29, 0.717) is 13.2 Å². The number of nitrogens with one attached hydrogen (secondary N) is 1. The highest BCUT2D eigenvalue weighted by Crippen LogP contribution is 2.21. The van der Waals surface area contributed by atoms with Gasteiger partial charge in [-0.05, 0) is 36.7 Å². The SMILES string of the molecule is CCNC(Cc1cc(F)ccc1Br)CC1OCCO1. The number of likely N-dealkylation sites (N-methyl/N-ethyl adjacent to an activating group) is 1. The minimum Gasteiger partial charge on any atom is -0.350 e. The number of hydrogen-bond acceptors (Lipinski definition) is 3. The molecule has 2 rings (SSSR count). The molecule has 3 nitrogen and oxygen atoms in total. The van der Waals surface area contributed by atoms with Crippen molar-refractivity contribution in [3.63, 3.8) is 0 Å². The zero-order chi connectivity index (χ0) is 13.7. The van der Waals surface area contributed by atoms with Gasteiger partial charge < -0.3 is 14.8 Å². The summed E-state index contributed by atoms with van der Waals surface area (Å²) in [6.45, 7) is 4.24. The summed E-state index contributed by atoms with van der Waals surface area (Å²) in [5, 5.41) is 3.40. The zero-order valence-corrected chi connectivity index (χ0v) is 12.6. The second-order valence-corrected chi connectivity index (χ2v) is 5.46. The predicted molar refractivity (Wildman–Crippen MR) is 75.6 cm³/mol. The van der Waals surface area contributed by atoms with Gasteiger partial charge >= 0.3 is 0 Å². The molecule has 19 heavy (non-hydrogen) atoms. The molecule has 1 aromatic carbocycles. The molecule has 0 amide bonds. The second-order valence-electron chi connectivity index (χ2n) is 4.60. The Kier molecular flexibility index (Phi) is 5.76. The van der Waals surface area contributed by atoms with Crippen LogP contribution >= 0.6 is 15.9 Å². The smallest absolute Gasteiger partial charge is 0.159 e. The fourth-order valence-corrected chi connectivity index (χ4v) is 2.68. The third-order valence-corrected chi connectivity index (χ3v) is 3.91. The van der Waals surface area contributed by atoms with Crippen molar-refractivity contribution in [1.82, 2.24) is 5.32 Å². The number of rotatable bonds is 6. The molecule has 1 N–H and O–H groups in total. The summed E-state index contributed by atoms with van der Waals surface area (Å²) >= 11 is 3.47. The number of hydrogen-bond donors (Lipinski definition) is 1. The Morgan fingerprint density at radius 2 is 2.16 bits per heavy atom. The lowest BCUT2D eigenvalue weighted by atomic mass is 10.0. The highest BCUT2D eigenvalue weighted by molar-refractivity contribution is 9.10. The summed E-state index contributed by atoms with van der Waals surface area (Å²) in [5.74, 6) is -0.207. The highest BCUT2D eigenvalue weighted by Gasteiger charge is 2.21. The molecular weight excluding hydrogens is 313 g/mol. The lowest BCUT2D eigenvalue weighted by Gasteiger charge is -2.21. The molecule has 1 saturated heterocycles. The van der Waals surface area contributed by atoms with Crippen LogP contribution in [-0.4, -0.2) is 32.1 Å². The second kappa shape index (κ2) is 7.33. The molecule has 1 aliphatic heterocycles.